The zero-order chi connectivity index (χ0) is 16.9. The summed E-state index contributed by atoms with van der Waals surface area (Å²) in [5.74, 6) is 0.140. The van der Waals surface area contributed by atoms with Gasteiger partial charge in [0.25, 0.3) is 0 Å². The first kappa shape index (κ1) is 16.6. The Morgan fingerprint density at radius 2 is 2.17 bits per heavy atom. The van der Waals surface area contributed by atoms with Crippen molar-refractivity contribution in [2.45, 2.75) is 18.4 Å². The molecule has 0 atom stereocenters. The molecule has 3 heterocycles. The molecule has 0 aliphatic rings. The summed E-state index contributed by atoms with van der Waals surface area (Å²) in [4.78, 5) is 24.1. The number of fused-ring (bicyclic) bond motifs is 1. The zero-order valence-corrected chi connectivity index (χ0v) is 14.5. The smallest absolute Gasteiger partial charge is 0.313 e. The monoisotopic (exact) mass is 362 g/mol. The van der Waals surface area contributed by atoms with E-state index in [0.717, 1.165) is 4.88 Å². The first-order valence-electron chi connectivity index (χ1n) is 7.24. The van der Waals surface area contributed by atoms with Gasteiger partial charge in [-0.15, -0.1) is 21.5 Å². The van der Waals surface area contributed by atoms with E-state index in [0.29, 0.717) is 16.5 Å². The molecule has 24 heavy (non-hydrogen) atoms. The lowest BCUT2D eigenvalue weighted by atomic mass is 10.3. The van der Waals surface area contributed by atoms with Crippen molar-refractivity contribution in [1.29, 1.82) is 0 Å². The maximum Gasteiger partial charge on any atom is 0.313 e. The van der Waals surface area contributed by atoms with Crippen LogP contribution in [0.4, 0.5) is 0 Å². The third-order valence-corrected chi connectivity index (χ3v) is 4.85. The number of hydrogen-bond donors (Lipinski definition) is 0. The molecule has 0 bridgehead atoms. The lowest BCUT2D eigenvalue weighted by Gasteiger charge is -2.03. The standard InChI is InChI=1S/C15H14N4O3S2/c1-2-22-14(21)8-10(20)9-24-13-6-5-12-16-17-15(19(12)18-13)11-4-3-7-23-11/h3-7H,2,8-9H2,1H3. The van der Waals surface area contributed by atoms with E-state index in [-0.39, 0.29) is 24.6 Å². The maximum atomic E-state index is 11.8. The Bertz CT molecular complexity index is 861. The van der Waals surface area contributed by atoms with E-state index in [1.165, 1.54) is 11.8 Å². The molecular weight excluding hydrogens is 348 g/mol. The van der Waals surface area contributed by atoms with Gasteiger partial charge in [0.15, 0.2) is 17.3 Å². The number of Topliss-reactive ketones (excluding diaryl/α,β-unsaturated/α-hetero) is 1. The van der Waals surface area contributed by atoms with Gasteiger partial charge in [0.05, 0.1) is 17.2 Å². The van der Waals surface area contributed by atoms with Crippen molar-refractivity contribution in [2.75, 3.05) is 12.4 Å². The number of hydrogen-bond acceptors (Lipinski definition) is 8. The SMILES string of the molecule is CCOC(=O)CC(=O)CSc1ccc2nnc(-c3cccs3)n2n1. The molecular formula is C15H14N4O3S2. The van der Waals surface area contributed by atoms with Crippen molar-refractivity contribution in [1.82, 2.24) is 19.8 Å². The second-order valence-corrected chi connectivity index (χ2v) is 6.69. The number of carbonyl (C=O) groups excluding carboxylic acids is 2. The van der Waals surface area contributed by atoms with Crippen LogP contribution in [0.1, 0.15) is 13.3 Å². The van der Waals surface area contributed by atoms with Gasteiger partial charge in [0.1, 0.15) is 11.4 Å². The summed E-state index contributed by atoms with van der Waals surface area (Å²) >= 11 is 2.83. The minimum atomic E-state index is -0.495. The van der Waals surface area contributed by atoms with Crippen LogP contribution in [-0.4, -0.2) is 43.9 Å². The number of thiophene rings is 1. The van der Waals surface area contributed by atoms with E-state index in [4.69, 9.17) is 4.74 Å². The molecule has 0 saturated heterocycles. The fraction of sp³-hybridized carbons (Fsp3) is 0.267. The Morgan fingerprint density at radius 1 is 1.29 bits per heavy atom. The molecule has 3 aromatic heterocycles. The van der Waals surface area contributed by atoms with Gasteiger partial charge >= 0.3 is 5.97 Å². The van der Waals surface area contributed by atoms with Gasteiger partial charge in [-0.25, -0.2) is 0 Å². The van der Waals surface area contributed by atoms with Gasteiger partial charge in [-0.05, 0) is 30.5 Å². The van der Waals surface area contributed by atoms with E-state index in [9.17, 15) is 9.59 Å². The van der Waals surface area contributed by atoms with E-state index < -0.39 is 5.97 Å². The van der Waals surface area contributed by atoms with Crippen molar-refractivity contribution in [2.24, 2.45) is 0 Å². The van der Waals surface area contributed by atoms with E-state index in [1.54, 1.807) is 34.9 Å². The minimum absolute atomic E-state index is 0.160. The first-order chi connectivity index (χ1) is 11.7. The highest BCUT2D eigenvalue weighted by Gasteiger charge is 2.13. The molecule has 0 radical (unpaired) electrons. The van der Waals surface area contributed by atoms with Crippen LogP contribution in [0.25, 0.3) is 16.3 Å². The molecule has 124 valence electrons. The Labute approximate surface area is 146 Å². The lowest BCUT2D eigenvalue weighted by Crippen LogP contribution is -2.12. The number of ketones is 1. The molecule has 9 heteroatoms. The van der Waals surface area contributed by atoms with Crippen LogP contribution >= 0.6 is 23.1 Å². The van der Waals surface area contributed by atoms with E-state index in [2.05, 4.69) is 15.3 Å². The Hall–Kier alpha value is -2.26. The number of ether oxygens (including phenoxy) is 1. The van der Waals surface area contributed by atoms with Gasteiger partial charge < -0.3 is 4.74 Å². The van der Waals surface area contributed by atoms with Crippen LogP contribution in [0, 0.1) is 0 Å². The van der Waals surface area contributed by atoms with Crippen molar-refractivity contribution < 1.29 is 14.3 Å². The van der Waals surface area contributed by atoms with Crippen LogP contribution in [0.15, 0.2) is 34.7 Å². The third-order valence-electron chi connectivity index (χ3n) is 3.01. The second-order valence-electron chi connectivity index (χ2n) is 4.75. The Kier molecular flexibility index (Phi) is 5.21. The quantitative estimate of drug-likeness (QED) is 0.362. The number of carbonyl (C=O) groups is 2. The third kappa shape index (κ3) is 3.80. The summed E-state index contributed by atoms with van der Waals surface area (Å²) < 4.78 is 6.42. The number of thioether (sulfide) groups is 1. The number of nitrogens with zero attached hydrogens (tertiary/aromatic N) is 4. The lowest BCUT2D eigenvalue weighted by molar-refractivity contribution is -0.145. The molecule has 0 unspecified atom stereocenters. The average molecular weight is 362 g/mol. The van der Waals surface area contributed by atoms with Crippen molar-refractivity contribution in [3.05, 3.63) is 29.6 Å². The van der Waals surface area contributed by atoms with Crippen LogP contribution in [0.2, 0.25) is 0 Å². The van der Waals surface area contributed by atoms with Crippen LogP contribution in [0.5, 0.6) is 0 Å². The molecule has 0 N–H and O–H groups in total. The van der Waals surface area contributed by atoms with E-state index >= 15 is 0 Å². The summed E-state index contributed by atoms with van der Waals surface area (Å²) in [5, 5.41) is 15.3. The molecule has 3 rings (SSSR count). The van der Waals surface area contributed by atoms with Crippen molar-refractivity contribution >= 4 is 40.5 Å². The molecule has 0 aromatic carbocycles. The summed E-state index contributed by atoms with van der Waals surface area (Å²) in [6.07, 6.45) is -0.212. The Morgan fingerprint density at radius 3 is 2.92 bits per heavy atom. The summed E-state index contributed by atoms with van der Waals surface area (Å²) in [6, 6.07) is 7.47. The fourth-order valence-corrected chi connectivity index (χ4v) is 3.40. The van der Waals surface area contributed by atoms with Crippen LogP contribution in [0.3, 0.4) is 0 Å². The first-order valence-corrected chi connectivity index (χ1v) is 9.10. The van der Waals surface area contributed by atoms with Gasteiger partial charge in [-0.3, -0.25) is 9.59 Å². The molecule has 0 saturated carbocycles. The number of rotatable bonds is 7. The topological polar surface area (TPSA) is 86.5 Å². The van der Waals surface area contributed by atoms with E-state index in [1.807, 2.05) is 17.5 Å². The molecule has 0 fully saturated rings. The summed E-state index contributed by atoms with van der Waals surface area (Å²) in [6.45, 7) is 1.98. The van der Waals surface area contributed by atoms with Gasteiger partial charge in [-0.2, -0.15) is 9.61 Å². The second kappa shape index (κ2) is 7.54. The predicted octanol–water partition coefficient (Wildman–Crippen LogP) is 2.47. The number of esters is 1. The highest BCUT2D eigenvalue weighted by molar-refractivity contribution is 7.99. The highest BCUT2D eigenvalue weighted by Crippen LogP contribution is 2.24. The van der Waals surface area contributed by atoms with Crippen LogP contribution < -0.4 is 0 Å². The van der Waals surface area contributed by atoms with Gasteiger partial charge in [-0.1, -0.05) is 17.8 Å². The molecule has 0 spiro atoms. The Balaban J connectivity index is 1.70. The molecule has 0 amide bonds. The average Bonchev–Trinajstić information content (AvgIpc) is 3.21. The van der Waals surface area contributed by atoms with Crippen molar-refractivity contribution in [3.63, 3.8) is 0 Å². The number of aromatic nitrogens is 4. The normalized spacial score (nSPS) is 10.9. The maximum absolute atomic E-state index is 11.8. The molecule has 7 nitrogen and oxygen atoms in total. The molecule has 0 aliphatic carbocycles. The largest absolute Gasteiger partial charge is 0.466 e. The predicted molar refractivity (Wildman–Crippen MR) is 91.1 cm³/mol. The van der Waals surface area contributed by atoms with Crippen LogP contribution in [-0.2, 0) is 14.3 Å². The molecule has 0 aliphatic heterocycles. The van der Waals surface area contributed by atoms with Gasteiger partial charge in [0.2, 0.25) is 0 Å². The molecule has 3 aromatic rings. The highest BCUT2D eigenvalue weighted by atomic mass is 32.2. The summed E-state index contributed by atoms with van der Waals surface area (Å²) in [5.41, 5.74) is 0.639. The van der Waals surface area contributed by atoms with Crippen molar-refractivity contribution in [3.8, 4) is 10.7 Å². The fourth-order valence-electron chi connectivity index (χ4n) is 1.99. The van der Waals surface area contributed by atoms with Gasteiger partial charge in [0, 0.05) is 0 Å². The minimum Gasteiger partial charge on any atom is -0.466 e. The zero-order valence-electron chi connectivity index (χ0n) is 12.8. The summed E-state index contributed by atoms with van der Waals surface area (Å²) in [7, 11) is 0.